The van der Waals surface area contributed by atoms with Gasteiger partial charge in [-0.15, -0.1) is 0 Å². The molecule has 1 unspecified atom stereocenters. The van der Waals surface area contributed by atoms with E-state index in [2.05, 4.69) is 13.0 Å². The van der Waals surface area contributed by atoms with Gasteiger partial charge in [0.1, 0.15) is 0 Å². The summed E-state index contributed by atoms with van der Waals surface area (Å²) in [5.41, 5.74) is 3.26. The minimum Gasteiger partial charge on any atom is -0.294 e. The van der Waals surface area contributed by atoms with E-state index in [0.29, 0.717) is 11.7 Å². The van der Waals surface area contributed by atoms with Gasteiger partial charge in [-0.3, -0.25) is 4.79 Å². The van der Waals surface area contributed by atoms with E-state index in [4.69, 9.17) is 0 Å². The van der Waals surface area contributed by atoms with Crippen molar-refractivity contribution in [3.05, 3.63) is 34.9 Å². The van der Waals surface area contributed by atoms with Crippen molar-refractivity contribution in [1.82, 2.24) is 0 Å². The molecule has 1 aliphatic carbocycles. The summed E-state index contributed by atoms with van der Waals surface area (Å²) in [6.45, 7) is 6.16. The smallest absolute Gasteiger partial charge is 0.165 e. The van der Waals surface area contributed by atoms with Crippen LogP contribution in [0.3, 0.4) is 0 Å². The third kappa shape index (κ3) is 2.28. The molecular formula is C14H18O. The van der Waals surface area contributed by atoms with Crippen molar-refractivity contribution in [1.29, 1.82) is 0 Å². The quantitative estimate of drug-likeness (QED) is 0.685. The normalized spacial score (nSPS) is 17.5. The molecule has 1 nitrogen and oxygen atoms in total. The number of hydrogen-bond donors (Lipinski definition) is 0. The van der Waals surface area contributed by atoms with Crippen LogP contribution in [-0.4, -0.2) is 5.78 Å². The summed E-state index contributed by atoms with van der Waals surface area (Å²) >= 11 is 0. The maximum atomic E-state index is 12.1. The first-order valence-corrected chi connectivity index (χ1v) is 5.70. The van der Waals surface area contributed by atoms with Gasteiger partial charge in [0.15, 0.2) is 5.78 Å². The molecule has 1 aliphatic rings. The van der Waals surface area contributed by atoms with Crippen LogP contribution < -0.4 is 0 Å². The number of hydrogen-bond acceptors (Lipinski definition) is 1. The fraction of sp³-hybridized carbons (Fsp3) is 0.500. The molecule has 15 heavy (non-hydrogen) atoms. The van der Waals surface area contributed by atoms with Crippen LogP contribution in [0.4, 0.5) is 0 Å². The van der Waals surface area contributed by atoms with Crippen molar-refractivity contribution in [3.63, 3.8) is 0 Å². The second-order valence-electron chi connectivity index (χ2n) is 4.87. The lowest BCUT2D eigenvalue weighted by molar-refractivity contribution is 0.0916. The van der Waals surface area contributed by atoms with Crippen LogP contribution in [0.25, 0.3) is 0 Å². The van der Waals surface area contributed by atoms with Crippen molar-refractivity contribution in [2.45, 2.75) is 33.6 Å². The van der Waals surface area contributed by atoms with E-state index < -0.39 is 0 Å². The molecule has 1 aromatic carbocycles. The predicted molar refractivity (Wildman–Crippen MR) is 62.1 cm³/mol. The zero-order valence-corrected chi connectivity index (χ0v) is 9.71. The molecule has 1 atom stereocenters. The van der Waals surface area contributed by atoms with Gasteiger partial charge < -0.3 is 0 Å². The third-order valence-electron chi connectivity index (χ3n) is 3.25. The summed E-state index contributed by atoms with van der Waals surface area (Å²) in [6.07, 6.45) is 2.47. The van der Waals surface area contributed by atoms with Crippen molar-refractivity contribution < 1.29 is 4.79 Å². The molecule has 80 valence electrons. The number of ketones is 1. The number of rotatable bonds is 3. The van der Waals surface area contributed by atoms with Crippen molar-refractivity contribution in [2.75, 3.05) is 0 Å². The molecular weight excluding hydrogens is 184 g/mol. The number of carbonyl (C=O) groups excluding carboxylic acids is 1. The van der Waals surface area contributed by atoms with Gasteiger partial charge in [-0.2, -0.15) is 0 Å². The highest BCUT2D eigenvalue weighted by Crippen LogP contribution is 2.38. The lowest BCUT2D eigenvalue weighted by atomic mass is 9.93. The van der Waals surface area contributed by atoms with E-state index in [0.717, 1.165) is 5.56 Å². The predicted octanol–water partition coefficient (Wildman–Crippen LogP) is 3.53. The van der Waals surface area contributed by atoms with E-state index in [9.17, 15) is 4.79 Å². The van der Waals surface area contributed by atoms with Gasteiger partial charge >= 0.3 is 0 Å². The molecule has 0 N–H and O–H groups in total. The van der Waals surface area contributed by atoms with E-state index >= 15 is 0 Å². The lowest BCUT2D eigenvalue weighted by Gasteiger charge is -2.10. The maximum absolute atomic E-state index is 12.1. The Hall–Kier alpha value is -1.11. The molecule has 0 heterocycles. The minimum atomic E-state index is 0.214. The highest BCUT2D eigenvalue weighted by molar-refractivity contribution is 5.98. The van der Waals surface area contributed by atoms with Crippen LogP contribution >= 0.6 is 0 Å². The Kier molecular flexibility index (Phi) is 2.64. The molecule has 1 heteroatoms. The Morgan fingerprint density at radius 2 is 1.73 bits per heavy atom. The molecule has 0 aliphatic heterocycles. The Morgan fingerprint density at radius 3 is 2.20 bits per heavy atom. The van der Waals surface area contributed by atoms with Crippen LogP contribution in [0.5, 0.6) is 0 Å². The molecule has 1 aromatic rings. The Morgan fingerprint density at radius 1 is 1.20 bits per heavy atom. The standard InChI is InChI=1S/C14H18O/c1-9-6-10(2)8-13(7-9)14(15)11(3)12-4-5-12/h6-8,11-12H,4-5H2,1-3H3. The third-order valence-corrected chi connectivity index (χ3v) is 3.25. The molecule has 0 amide bonds. The van der Waals surface area contributed by atoms with Gasteiger partial charge in [-0.05, 0) is 44.7 Å². The number of benzene rings is 1. The number of Topliss-reactive ketones (excluding diaryl/α,β-unsaturated/α-hetero) is 1. The number of aryl methyl sites for hydroxylation is 2. The topological polar surface area (TPSA) is 17.1 Å². The average molecular weight is 202 g/mol. The molecule has 0 radical (unpaired) electrons. The summed E-state index contributed by atoms with van der Waals surface area (Å²) in [6, 6.07) is 6.13. The zero-order valence-electron chi connectivity index (χ0n) is 9.71. The fourth-order valence-electron chi connectivity index (χ4n) is 2.19. The van der Waals surface area contributed by atoms with Crippen molar-refractivity contribution in [2.24, 2.45) is 11.8 Å². The Balaban J connectivity index is 2.24. The maximum Gasteiger partial charge on any atom is 0.165 e. The molecule has 0 saturated heterocycles. The number of carbonyl (C=O) groups is 1. The molecule has 2 rings (SSSR count). The van der Waals surface area contributed by atoms with E-state index in [1.165, 1.54) is 24.0 Å². The van der Waals surface area contributed by atoms with E-state index in [1.807, 2.05) is 26.0 Å². The summed E-state index contributed by atoms with van der Waals surface area (Å²) in [5, 5.41) is 0. The van der Waals surface area contributed by atoms with Crippen LogP contribution in [0.1, 0.15) is 41.3 Å². The first-order valence-electron chi connectivity index (χ1n) is 5.70. The van der Waals surface area contributed by atoms with Gasteiger partial charge in [0.2, 0.25) is 0 Å². The zero-order chi connectivity index (χ0) is 11.0. The Bertz CT molecular complexity index is 368. The molecule has 1 saturated carbocycles. The van der Waals surface area contributed by atoms with E-state index in [1.54, 1.807) is 0 Å². The molecule has 0 bridgehead atoms. The molecule has 0 spiro atoms. The highest BCUT2D eigenvalue weighted by Gasteiger charge is 2.32. The first kappa shape index (κ1) is 10.4. The monoisotopic (exact) mass is 202 g/mol. The van der Waals surface area contributed by atoms with Gasteiger partial charge in [0.25, 0.3) is 0 Å². The molecule has 0 aromatic heterocycles. The van der Waals surface area contributed by atoms with Crippen LogP contribution in [0, 0.1) is 25.7 Å². The first-order chi connectivity index (χ1) is 7.08. The van der Waals surface area contributed by atoms with Crippen molar-refractivity contribution in [3.8, 4) is 0 Å². The fourth-order valence-corrected chi connectivity index (χ4v) is 2.19. The van der Waals surface area contributed by atoms with E-state index in [-0.39, 0.29) is 5.92 Å². The molecule has 1 fully saturated rings. The summed E-state index contributed by atoms with van der Waals surface area (Å²) < 4.78 is 0. The largest absolute Gasteiger partial charge is 0.294 e. The minimum absolute atomic E-state index is 0.214. The lowest BCUT2D eigenvalue weighted by Crippen LogP contribution is -2.13. The van der Waals surface area contributed by atoms with Gasteiger partial charge in [-0.25, -0.2) is 0 Å². The SMILES string of the molecule is Cc1cc(C)cc(C(=O)C(C)C2CC2)c1. The second-order valence-corrected chi connectivity index (χ2v) is 4.87. The highest BCUT2D eigenvalue weighted by atomic mass is 16.1. The second kappa shape index (κ2) is 3.80. The van der Waals surface area contributed by atoms with Gasteiger partial charge in [0, 0.05) is 11.5 Å². The average Bonchev–Trinajstić information content (AvgIpc) is 2.97. The van der Waals surface area contributed by atoms with Crippen molar-refractivity contribution >= 4 is 5.78 Å². The summed E-state index contributed by atoms with van der Waals surface area (Å²) in [4.78, 5) is 12.1. The van der Waals surface area contributed by atoms with Crippen LogP contribution in [0.2, 0.25) is 0 Å². The van der Waals surface area contributed by atoms with Crippen LogP contribution in [-0.2, 0) is 0 Å². The summed E-state index contributed by atoms with van der Waals surface area (Å²) in [7, 11) is 0. The Labute approximate surface area is 91.5 Å². The van der Waals surface area contributed by atoms with Gasteiger partial charge in [0.05, 0.1) is 0 Å². The summed E-state index contributed by atoms with van der Waals surface area (Å²) in [5.74, 6) is 1.19. The van der Waals surface area contributed by atoms with Gasteiger partial charge in [-0.1, -0.05) is 24.1 Å². The van der Waals surface area contributed by atoms with Crippen LogP contribution in [0.15, 0.2) is 18.2 Å².